The highest BCUT2D eigenvalue weighted by Gasteiger charge is 2.28. The summed E-state index contributed by atoms with van der Waals surface area (Å²) in [5.41, 5.74) is 0.990. The number of rotatable bonds is 3. The van der Waals surface area contributed by atoms with Gasteiger partial charge < -0.3 is 4.74 Å². The molecule has 1 aromatic carbocycles. The Morgan fingerprint density at radius 3 is 2.53 bits per heavy atom. The van der Waals surface area contributed by atoms with Gasteiger partial charge in [0.25, 0.3) is 0 Å². The number of carbonyl (C=O) groups is 1. The predicted octanol–water partition coefficient (Wildman–Crippen LogP) is 4.55. The summed E-state index contributed by atoms with van der Waals surface area (Å²) in [6, 6.07) is 3.49. The maximum atomic E-state index is 14.2. The number of esters is 1. The van der Waals surface area contributed by atoms with Gasteiger partial charge in [-0.2, -0.15) is 0 Å². The van der Waals surface area contributed by atoms with Gasteiger partial charge in [-0.15, -0.1) is 0 Å². The first-order valence-corrected chi connectivity index (χ1v) is 7.55. The second-order valence-electron chi connectivity index (χ2n) is 5.95. The van der Waals surface area contributed by atoms with Crippen LogP contribution in [0.3, 0.4) is 0 Å². The number of halogens is 2. The fourth-order valence-corrected chi connectivity index (χ4v) is 2.35. The maximum absolute atomic E-state index is 14.2. The molecule has 0 atom stereocenters. The lowest BCUT2D eigenvalue weighted by Gasteiger charge is -2.20. The molecular formula is C15H18BrFO2. The highest BCUT2D eigenvalue weighted by atomic mass is 79.9. The van der Waals surface area contributed by atoms with E-state index in [4.69, 9.17) is 4.74 Å². The van der Waals surface area contributed by atoms with Gasteiger partial charge in [0, 0.05) is 5.33 Å². The minimum Gasteiger partial charge on any atom is -0.456 e. The molecule has 0 bridgehead atoms. The normalized spacial score (nSPS) is 15.4. The molecule has 2 nitrogen and oxygen atoms in total. The summed E-state index contributed by atoms with van der Waals surface area (Å²) >= 11 is 3.26. The second kappa shape index (κ2) is 5.23. The van der Waals surface area contributed by atoms with Crippen LogP contribution in [0.2, 0.25) is 0 Å². The minimum absolute atomic E-state index is 0.0498. The van der Waals surface area contributed by atoms with E-state index in [0.29, 0.717) is 16.8 Å². The zero-order valence-electron chi connectivity index (χ0n) is 11.4. The predicted molar refractivity (Wildman–Crippen MR) is 76.2 cm³/mol. The van der Waals surface area contributed by atoms with Crippen LogP contribution in [0, 0.1) is 5.82 Å². The first-order valence-electron chi connectivity index (χ1n) is 6.43. The van der Waals surface area contributed by atoms with E-state index in [1.165, 1.54) is 0 Å². The highest BCUT2D eigenvalue weighted by molar-refractivity contribution is 9.08. The van der Waals surface area contributed by atoms with Crippen molar-refractivity contribution in [1.82, 2.24) is 0 Å². The molecule has 1 saturated carbocycles. The van der Waals surface area contributed by atoms with E-state index in [-0.39, 0.29) is 5.56 Å². The zero-order chi connectivity index (χ0) is 14.2. The third kappa shape index (κ3) is 3.56. The smallest absolute Gasteiger partial charge is 0.341 e. The van der Waals surface area contributed by atoms with Crippen molar-refractivity contribution in [3.8, 4) is 0 Å². The fraction of sp³-hybridized carbons (Fsp3) is 0.533. The van der Waals surface area contributed by atoms with E-state index in [2.05, 4.69) is 15.9 Å². The third-order valence-electron chi connectivity index (χ3n) is 2.98. The van der Waals surface area contributed by atoms with Crippen LogP contribution in [0.1, 0.15) is 61.0 Å². The second-order valence-corrected chi connectivity index (χ2v) is 6.51. The van der Waals surface area contributed by atoms with Crippen molar-refractivity contribution in [2.45, 2.75) is 50.5 Å². The lowest BCUT2D eigenvalue weighted by molar-refractivity contribution is 0.00644. The largest absolute Gasteiger partial charge is 0.456 e. The van der Waals surface area contributed by atoms with Gasteiger partial charge in [-0.05, 0) is 56.7 Å². The van der Waals surface area contributed by atoms with Gasteiger partial charge >= 0.3 is 5.97 Å². The van der Waals surface area contributed by atoms with Gasteiger partial charge in [-0.3, -0.25) is 0 Å². The van der Waals surface area contributed by atoms with Crippen molar-refractivity contribution < 1.29 is 13.9 Å². The van der Waals surface area contributed by atoms with Crippen LogP contribution in [0.4, 0.5) is 4.39 Å². The summed E-state index contributed by atoms with van der Waals surface area (Å²) in [4.78, 5) is 12.1. The SMILES string of the molecule is CC(C)(C)OC(=O)c1cc(C2CC2)cc(CBr)c1F. The summed E-state index contributed by atoms with van der Waals surface area (Å²) in [5.74, 6) is -0.593. The molecule has 1 aliphatic carbocycles. The lowest BCUT2D eigenvalue weighted by atomic mass is 10.0. The van der Waals surface area contributed by atoms with Crippen molar-refractivity contribution in [3.05, 3.63) is 34.6 Å². The fourth-order valence-electron chi connectivity index (χ4n) is 1.94. The molecule has 0 N–H and O–H groups in total. The molecule has 0 amide bonds. The Morgan fingerprint density at radius 2 is 2.05 bits per heavy atom. The molecule has 0 aromatic heterocycles. The Kier molecular flexibility index (Phi) is 4.00. The Hall–Kier alpha value is -0.900. The first-order chi connectivity index (χ1) is 8.81. The molecule has 1 aromatic rings. The highest BCUT2D eigenvalue weighted by Crippen LogP contribution is 2.41. The minimum atomic E-state index is -0.617. The number of benzene rings is 1. The Bertz CT molecular complexity index is 502. The van der Waals surface area contributed by atoms with Gasteiger partial charge in [0.1, 0.15) is 11.4 Å². The van der Waals surface area contributed by atoms with Gasteiger partial charge in [-0.1, -0.05) is 22.0 Å². The van der Waals surface area contributed by atoms with E-state index < -0.39 is 17.4 Å². The van der Waals surface area contributed by atoms with E-state index >= 15 is 0 Å². The lowest BCUT2D eigenvalue weighted by Crippen LogP contribution is -2.24. The molecule has 0 unspecified atom stereocenters. The molecule has 1 aliphatic rings. The molecule has 104 valence electrons. The average Bonchev–Trinajstić information content (AvgIpc) is 3.10. The van der Waals surface area contributed by atoms with Crippen LogP contribution in [-0.2, 0) is 10.1 Å². The van der Waals surface area contributed by atoms with Crippen molar-refractivity contribution in [2.75, 3.05) is 0 Å². The number of ether oxygens (including phenoxy) is 1. The Morgan fingerprint density at radius 1 is 1.42 bits per heavy atom. The van der Waals surface area contributed by atoms with E-state index in [1.807, 2.05) is 6.07 Å². The Labute approximate surface area is 121 Å². The molecule has 4 heteroatoms. The third-order valence-corrected chi connectivity index (χ3v) is 3.59. The summed E-state index contributed by atoms with van der Waals surface area (Å²) in [6.07, 6.45) is 2.22. The van der Waals surface area contributed by atoms with Crippen LogP contribution in [0.5, 0.6) is 0 Å². The molecule has 1 fully saturated rings. The van der Waals surface area contributed by atoms with Crippen LogP contribution < -0.4 is 0 Å². The summed E-state index contributed by atoms with van der Waals surface area (Å²) < 4.78 is 19.5. The van der Waals surface area contributed by atoms with Gasteiger partial charge in [0.15, 0.2) is 0 Å². The van der Waals surface area contributed by atoms with Crippen molar-refractivity contribution in [1.29, 1.82) is 0 Å². The number of alkyl halides is 1. The quantitative estimate of drug-likeness (QED) is 0.600. The van der Waals surface area contributed by atoms with Crippen LogP contribution >= 0.6 is 15.9 Å². The number of hydrogen-bond acceptors (Lipinski definition) is 2. The van der Waals surface area contributed by atoms with E-state index in [9.17, 15) is 9.18 Å². The topological polar surface area (TPSA) is 26.3 Å². The zero-order valence-corrected chi connectivity index (χ0v) is 13.0. The van der Waals surface area contributed by atoms with Crippen LogP contribution in [0.25, 0.3) is 0 Å². The number of carbonyl (C=O) groups excluding carboxylic acids is 1. The average molecular weight is 329 g/mol. The summed E-state index contributed by atoms with van der Waals surface area (Å²) in [5, 5.41) is 0.398. The van der Waals surface area contributed by atoms with Gasteiger partial charge in [0.2, 0.25) is 0 Å². The van der Waals surface area contributed by atoms with Gasteiger partial charge in [0.05, 0.1) is 5.56 Å². The monoisotopic (exact) mass is 328 g/mol. The van der Waals surface area contributed by atoms with Crippen LogP contribution in [-0.4, -0.2) is 11.6 Å². The molecule has 0 spiro atoms. The standard InChI is InChI=1S/C15H18BrFO2/c1-15(2,3)19-14(18)12-7-10(9-4-5-9)6-11(8-16)13(12)17/h6-7,9H,4-5,8H2,1-3H3. The molecule has 0 aliphatic heterocycles. The van der Waals surface area contributed by atoms with Crippen molar-refractivity contribution in [2.24, 2.45) is 0 Å². The molecule has 19 heavy (non-hydrogen) atoms. The van der Waals surface area contributed by atoms with Crippen LogP contribution in [0.15, 0.2) is 12.1 Å². The maximum Gasteiger partial charge on any atom is 0.341 e. The van der Waals surface area contributed by atoms with Crippen molar-refractivity contribution >= 4 is 21.9 Å². The molecule has 0 heterocycles. The molecule has 2 rings (SSSR count). The van der Waals surface area contributed by atoms with Crippen molar-refractivity contribution in [3.63, 3.8) is 0 Å². The summed E-state index contributed by atoms with van der Waals surface area (Å²) in [7, 11) is 0. The molecule has 0 saturated heterocycles. The summed E-state index contributed by atoms with van der Waals surface area (Å²) in [6.45, 7) is 5.33. The molecular weight excluding hydrogens is 311 g/mol. The van der Waals surface area contributed by atoms with Gasteiger partial charge in [-0.25, -0.2) is 9.18 Å². The first kappa shape index (κ1) is 14.5. The van der Waals surface area contributed by atoms with E-state index in [0.717, 1.165) is 18.4 Å². The Balaban J connectivity index is 2.37. The molecule has 0 radical (unpaired) electrons. The number of hydrogen-bond donors (Lipinski definition) is 0. The van der Waals surface area contributed by atoms with E-state index in [1.54, 1.807) is 26.8 Å².